The van der Waals surface area contributed by atoms with Gasteiger partial charge in [0.15, 0.2) is 5.96 Å². The minimum atomic E-state index is 0.315. The number of rotatable bonds is 3. The number of nitrogens with two attached hydrogens (primary N) is 1. The van der Waals surface area contributed by atoms with Gasteiger partial charge >= 0.3 is 0 Å². The van der Waals surface area contributed by atoms with Crippen LogP contribution in [-0.4, -0.2) is 44.2 Å². The highest BCUT2D eigenvalue weighted by Crippen LogP contribution is 2.20. The predicted octanol–water partition coefficient (Wildman–Crippen LogP) is 0.531. The SMILES string of the molecule is NC(=NC1CCNC1)N(c1ccccc1)C1CCNC1. The maximum atomic E-state index is 6.33. The summed E-state index contributed by atoms with van der Waals surface area (Å²) in [6.07, 6.45) is 2.18. The Morgan fingerprint density at radius 2 is 1.85 bits per heavy atom. The van der Waals surface area contributed by atoms with Gasteiger partial charge < -0.3 is 21.3 Å². The molecule has 2 aliphatic heterocycles. The van der Waals surface area contributed by atoms with E-state index in [1.807, 2.05) is 6.07 Å². The maximum absolute atomic E-state index is 6.33. The first-order valence-electron chi connectivity index (χ1n) is 7.43. The highest BCUT2D eigenvalue weighted by Gasteiger charge is 2.26. The number of anilines is 1. The molecule has 3 rings (SSSR count). The third kappa shape index (κ3) is 2.94. The van der Waals surface area contributed by atoms with Crippen molar-refractivity contribution in [1.29, 1.82) is 0 Å². The molecule has 2 heterocycles. The van der Waals surface area contributed by atoms with Crippen molar-refractivity contribution in [3.8, 4) is 0 Å². The molecule has 2 aliphatic rings. The highest BCUT2D eigenvalue weighted by atomic mass is 15.3. The van der Waals surface area contributed by atoms with Gasteiger partial charge in [0.05, 0.1) is 12.1 Å². The molecule has 2 fully saturated rings. The lowest BCUT2D eigenvalue weighted by Gasteiger charge is -2.30. The summed E-state index contributed by atoms with van der Waals surface area (Å²) in [4.78, 5) is 6.92. The van der Waals surface area contributed by atoms with Gasteiger partial charge in [-0.25, -0.2) is 4.99 Å². The molecule has 0 aromatic heterocycles. The van der Waals surface area contributed by atoms with Crippen molar-refractivity contribution in [2.24, 2.45) is 10.7 Å². The Balaban J connectivity index is 1.84. The lowest BCUT2D eigenvalue weighted by atomic mass is 10.2. The van der Waals surface area contributed by atoms with Crippen LogP contribution in [0, 0.1) is 0 Å². The van der Waals surface area contributed by atoms with E-state index in [1.54, 1.807) is 0 Å². The summed E-state index contributed by atoms with van der Waals surface area (Å²) in [5, 5.41) is 6.74. The highest BCUT2D eigenvalue weighted by molar-refractivity contribution is 5.95. The summed E-state index contributed by atoms with van der Waals surface area (Å²) in [5.41, 5.74) is 7.46. The van der Waals surface area contributed by atoms with Crippen molar-refractivity contribution in [2.75, 3.05) is 31.1 Å². The smallest absolute Gasteiger partial charge is 0.196 e. The third-order valence-electron chi connectivity index (χ3n) is 4.03. The lowest BCUT2D eigenvalue weighted by Crippen LogP contribution is -2.46. The minimum Gasteiger partial charge on any atom is -0.369 e. The first-order chi connectivity index (χ1) is 9.84. The molecule has 0 spiro atoms. The molecule has 1 aromatic carbocycles. The summed E-state index contributed by atoms with van der Waals surface area (Å²) in [7, 11) is 0. The number of hydrogen-bond acceptors (Lipinski definition) is 3. The number of hydrogen-bond donors (Lipinski definition) is 3. The molecule has 0 amide bonds. The van der Waals surface area contributed by atoms with Crippen LogP contribution in [0.15, 0.2) is 35.3 Å². The fraction of sp³-hybridized carbons (Fsp3) is 0.533. The number of nitrogens with one attached hydrogen (secondary N) is 2. The van der Waals surface area contributed by atoms with Crippen LogP contribution in [0.3, 0.4) is 0 Å². The predicted molar refractivity (Wildman–Crippen MR) is 83.1 cm³/mol. The summed E-state index contributed by atoms with van der Waals surface area (Å²) >= 11 is 0. The maximum Gasteiger partial charge on any atom is 0.196 e. The molecule has 2 unspecified atom stereocenters. The van der Waals surface area contributed by atoms with Crippen molar-refractivity contribution >= 4 is 11.6 Å². The largest absolute Gasteiger partial charge is 0.369 e. The zero-order chi connectivity index (χ0) is 13.8. The number of aliphatic imine (C=N–C) groups is 1. The summed E-state index contributed by atoms with van der Waals surface area (Å²) in [6.45, 7) is 3.99. The minimum absolute atomic E-state index is 0.315. The average Bonchev–Trinajstić information content (AvgIpc) is 3.14. The Kier molecular flexibility index (Phi) is 4.18. The molecule has 20 heavy (non-hydrogen) atoms. The van der Waals surface area contributed by atoms with Crippen molar-refractivity contribution < 1.29 is 0 Å². The molecule has 108 valence electrons. The second-order valence-electron chi connectivity index (χ2n) is 5.49. The van der Waals surface area contributed by atoms with Crippen LogP contribution in [-0.2, 0) is 0 Å². The van der Waals surface area contributed by atoms with Gasteiger partial charge in [-0.15, -0.1) is 0 Å². The Hall–Kier alpha value is -1.59. The summed E-state index contributed by atoms with van der Waals surface area (Å²) in [5.74, 6) is 0.651. The number of guanidine groups is 1. The molecular formula is C15H23N5. The Morgan fingerprint density at radius 3 is 2.50 bits per heavy atom. The quantitative estimate of drug-likeness (QED) is 0.555. The third-order valence-corrected chi connectivity index (χ3v) is 4.03. The van der Waals surface area contributed by atoms with Crippen LogP contribution in [0.5, 0.6) is 0 Å². The van der Waals surface area contributed by atoms with E-state index in [4.69, 9.17) is 10.7 Å². The molecule has 1 aromatic rings. The van der Waals surface area contributed by atoms with E-state index in [0.29, 0.717) is 18.0 Å². The van der Waals surface area contributed by atoms with Gasteiger partial charge in [-0.3, -0.25) is 0 Å². The lowest BCUT2D eigenvalue weighted by molar-refractivity contribution is 0.699. The van der Waals surface area contributed by atoms with Gasteiger partial charge in [0.2, 0.25) is 0 Å². The second-order valence-corrected chi connectivity index (χ2v) is 5.49. The standard InChI is InChI=1S/C15H23N5/c16-15(19-12-6-8-17-10-12)20(14-7-9-18-11-14)13-4-2-1-3-5-13/h1-5,12,14,17-18H,6-11H2,(H2,16,19). The fourth-order valence-corrected chi connectivity index (χ4v) is 2.98. The van der Waals surface area contributed by atoms with Gasteiger partial charge in [0.25, 0.3) is 0 Å². The molecule has 2 saturated heterocycles. The molecule has 2 atom stereocenters. The van der Waals surface area contributed by atoms with E-state index < -0.39 is 0 Å². The van der Waals surface area contributed by atoms with Crippen LogP contribution in [0.25, 0.3) is 0 Å². The van der Waals surface area contributed by atoms with E-state index in [0.717, 1.165) is 44.7 Å². The van der Waals surface area contributed by atoms with E-state index in [9.17, 15) is 0 Å². The number of benzene rings is 1. The van der Waals surface area contributed by atoms with E-state index in [-0.39, 0.29) is 0 Å². The molecule has 0 radical (unpaired) electrons. The van der Waals surface area contributed by atoms with Gasteiger partial charge in [-0.05, 0) is 38.1 Å². The van der Waals surface area contributed by atoms with E-state index >= 15 is 0 Å². The summed E-state index contributed by atoms with van der Waals surface area (Å²) in [6, 6.07) is 11.1. The second kappa shape index (κ2) is 6.24. The van der Waals surface area contributed by atoms with Crippen LogP contribution in [0.1, 0.15) is 12.8 Å². The molecule has 0 saturated carbocycles. The van der Waals surface area contributed by atoms with Crippen molar-refractivity contribution in [2.45, 2.75) is 24.9 Å². The van der Waals surface area contributed by atoms with Gasteiger partial charge in [0, 0.05) is 18.8 Å². The van der Waals surface area contributed by atoms with E-state index in [1.165, 1.54) is 0 Å². The average molecular weight is 273 g/mol. The normalized spacial score (nSPS) is 26.9. The Bertz CT molecular complexity index is 447. The first kappa shape index (κ1) is 13.4. The van der Waals surface area contributed by atoms with Crippen molar-refractivity contribution in [1.82, 2.24) is 10.6 Å². The van der Waals surface area contributed by atoms with Crippen molar-refractivity contribution in [3.63, 3.8) is 0 Å². The number of nitrogens with zero attached hydrogens (tertiary/aromatic N) is 2. The Morgan fingerprint density at radius 1 is 1.10 bits per heavy atom. The molecule has 0 aliphatic carbocycles. The van der Waals surface area contributed by atoms with Gasteiger partial charge in [-0.1, -0.05) is 18.2 Å². The van der Waals surface area contributed by atoms with Crippen LogP contribution in [0.2, 0.25) is 0 Å². The molecule has 4 N–H and O–H groups in total. The van der Waals surface area contributed by atoms with Gasteiger partial charge in [0.1, 0.15) is 0 Å². The van der Waals surface area contributed by atoms with Crippen LogP contribution < -0.4 is 21.3 Å². The van der Waals surface area contributed by atoms with Gasteiger partial charge in [-0.2, -0.15) is 0 Å². The zero-order valence-electron chi connectivity index (χ0n) is 11.8. The monoisotopic (exact) mass is 273 g/mol. The molecule has 5 heteroatoms. The fourth-order valence-electron chi connectivity index (χ4n) is 2.98. The molecule has 0 bridgehead atoms. The topological polar surface area (TPSA) is 65.7 Å². The van der Waals surface area contributed by atoms with E-state index in [2.05, 4.69) is 39.8 Å². The van der Waals surface area contributed by atoms with Crippen molar-refractivity contribution in [3.05, 3.63) is 30.3 Å². The zero-order valence-corrected chi connectivity index (χ0v) is 11.8. The molecule has 5 nitrogen and oxygen atoms in total. The first-order valence-corrected chi connectivity index (χ1v) is 7.43. The van der Waals surface area contributed by atoms with Crippen LogP contribution in [0.4, 0.5) is 5.69 Å². The number of para-hydroxylation sites is 1. The molecular weight excluding hydrogens is 250 g/mol. The Labute approximate surface area is 120 Å². The van der Waals surface area contributed by atoms with Crippen LogP contribution >= 0.6 is 0 Å². The summed E-state index contributed by atoms with van der Waals surface area (Å²) < 4.78 is 0.